The second kappa shape index (κ2) is 7.14. The van der Waals surface area contributed by atoms with Crippen molar-refractivity contribution in [3.8, 4) is 0 Å². The molecular formula is C11H10F2N2O5. The largest absolute Gasteiger partial charge is 0.480 e. The van der Waals surface area contributed by atoms with Gasteiger partial charge in [0.15, 0.2) is 0 Å². The van der Waals surface area contributed by atoms with Crippen molar-refractivity contribution in [2.24, 2.45) is 0 Å². The van der Waals surface area contributed by atoms with Gasteiger partial charge in [0.2, 0.25) is 0 Å². The Morgan fingerprint density at radius 3 is 2.25 bits per heavy atom. The summed E-state index contributed by atoms with van der Waals surface area (Å²) in [6.07, 6.45) is 0. The molecule has 0 saturated heterocycles. The van der Waals surface area contributed by atoms with Crippen LogP contribution in [0, 0.1) is 11.6 Å². The van der Waals surface area contributed by atoms with Gasteiger partial charge >= 0.3 is 12.0 Å². The first-order valence-corrected chi connectivity index (χ1v) is 5.23. The highest BCUT2D eigenvalue weighted by molar-refractivity contribution is 6.01. The van der Waals surface area contributed by atoms with Crippen molar-refractivity contribution in [3.63, 3.8) is 0 Å². The molecule has 0 aromatic heterocycles. The van der Waals surface area contributed by atoms with E-state index in [0.717, 1.165) is 12.1 Å². The molecular weight excluding hydrogens is 278 g/mol. The minimum absolute atomic E-state index is 0.181. The predicted octanol–water partition coefficient (Wildman–Crippen LogP) is 0.714. The fraction of sp³-hybridized carbons (Fsp3) is 0.182. The van der Waals surface area contributed by atoms with Gasteiger partial charge in [-0.15, -0.1) is 0 Å². The van der Waals surface area contributed by atoms with Gasteiger partial charge in [0.05, 0.1) is 0 Å². The van der Waals surface area contributed by atoms with Gasteiger partial charge in [0.1, 0.15) is 24.8 Å². The molecule has 7 nitrogen and oxygen atoms in total. The van der Waals surface area contributed by atoms with Crippen molar-refractivity contribution in [3.05, 3.63) is 29.8 Å². The number of carbonyl (C=O) groups is 3. The van der Waals surface area contributed by atoms with Crippen LogP contribution in [-0.4, -0.2) is 36.2 Å². The number of urea groups is 1. The molecule has 20 heavy (non-hydrogen) atoms. The maximum Gasteiger partial charge on any atom is 0.329 e. The number of carboxylic acid groups (broad SMARTS) is 1. The maximum absolute atomic E-state index is 12.8. The van der Waals surface area contributed by atoms with Crippen molar-refractivity contribution >= 4 is 23.6 Å². The van der Waals surface area contributed by atoms with Crippen LogP contribution in [0.1, 0.15) is 0 Å². The van der Waals surface area contributed by atoms with E-state index in [0.29, 0.717) is 6.07 Å². The number of imide groups is 1. The molecule has 108 valence electrons. The molecule has 0 bridgehead atoms. The molecule has 1 rings (SSSR count). The first-order valence-electron chi connectivity index (χ1n) is 5.23. The van der Waals surface area contributed by atoms with Crippen molar-refractivity contribution in [1.82, 2.24) is 5.32 Å². The molecule has 1 aromatic rings. The highest BCUT2D eigenvalue weighted by atomic mass is 19.1. The van der Waals surface area contributed by atoms with Crippen molar-refractivity contribution in [2.75, 3.05) is 18.5 Å². The van der Waals surface area contributed by atoms with E-state index < -0.39 is 42.8 Å². The summed E-state index contributed by atoms with van der Waals surface area (Å²) in [5.41, 5.74) is -0.181. The number of aliphatic carboxylic acids is 1. The van der Waals surface area contributed by atoms with E-state index in [-0.39, 0.29) is 5.69 Å². The van der Waals surface area contributed by atoms with Gasteiger partial charge in [-0.25, -0.2) is 18.4 Å². The summed E-state index contributed by atoms with van der Waals surface area (Å²) in [5.74, 6) is -3.95. The Morgan fingerprint density at radius 1 is 1.10 bits per heavy atom. The van der Waals surface area contributed by atoms with Crippen LogP contribution < -0.4 is 10.6 Å². The zero-order valence-electron chi connectivity index (χ0n) is 9.98. The van der Waals surface area contributed by atoms with Crippen LogP contribution in [0.15, 0.2) is 18.2 Å². The lowest BCUT2D eigenvalue weighted by molar-refractivity contribution is -0.143. The van der Waals surface area contributed by atoms with Crippen LogP contribution in [-0.2, 0) is 14.3 Å². The predicted molar refractivity (Wildman–Crippen MR) is 62.0 cm³/mol. The number of rotatable bonds is 5. The van der Waals surface area contributed by atoms with Crippen LogP contribution in [0.2, 0.25) is 0 Å². The van der Waals surface area contributed by atoms with Crippen LogP contribution in [0.5, 0.6) is 0 Å². The van der Waals surface area contributed by atoms with E-state index in [4.69, 9.17) is 5.11 Å². The van der Waals surface area contributed by atoms with E-state index in [2.05, 4.69) is 4.74 Å². The summed E-state index contributed by atoms with van der Waals surface area (Å²) in [7, 11) is 0. The fourth-order valence-corrected chi connectivity index (χ4v) is 1.18. The van der Waals surface area contributed by atoms with Crippen molar-refractivity contribution in [2.45, 2.75) is 0 Å². The number of hydrogen-bond donors (Lipinski definition) is 3. The van der Waals surface area contributed by atoms with Gasteiger partial charge in [0, 0.05) is 11.8 Å². The highest BCUT2D eigenvalue weighted by Crippen LogP contribution is 2.12. The minimum Gasteiger partial charge on any atom is -0.480 e. The molecule has 0 aliphatic rings. The van der Waals surface area contributed by atoms with Gasteiger partial charge in [-0.2, -0.15) is 0 Å². The molecule has 3 N–H and O–H groups in total. The molecule has 0 saturated carbocycles. The number of carbonyl (C=O) groups excluding carboxylic acids is 2. The van der Waals surface area contributed by atoms with Gasteiger partial charge in [-0.05, 0) is 12.1 Å². The Hall–Kier alpha value is -2.55. The summed E-state index contributed by atoms with van der Waals surface area (Å²) in [5, 5.41) is 12.1. The van der Waals surface area contributed by atoms with E-state index in [1.165, 1.54) is 0 Å². The smallest absolute Gasteiger partial charge is 0.329 e. The average Bonchev–Trinajstić information content (AvgIpc) is 2.25. The molecule has 0 aliphatic heterocycles. The van der Waals surface area contributed by atoms with Crippen LogP contribution in [0.4, 0.5) is 19.3 Å². The number of benzene rings is 1. The van der Waals surface area contributed by atoms with E-state index in [1.54, 1.807) is 5.32 Å². The molecule has 1 aromatic carbocycles. The van der Waals surface area contributed by atoms with E-state index in [9.17, 15) is 23.2 Å². The molecule has 0 unspecified atom stereocenters. The van der Waals surface area contributed by atoms with Gasteiger partial charge < -0.3 is 15.2 Å². The Balaban J connectivity index is 2.43. The molecule has 0 aliphatic carbocycles. The molecule has 3 amide bonds. The highest BCUT2D eigenvalue weighted by Gasteiger charge is 2.10. The SMILES string of the molecule is O=C(O)COCC(=O)NC(=O)Nc1cc(F)cc(F)c1. The topological polar surface area (TPSA) is 105 Å². The zero-order valence-corrected chi connectivity index (χ0v) is 9.98. The van der Waals surface area contributed by atoms with Crippen LogP contribution >= 0.6 is 0 Å². The Morgan fingerprint density at radius 2 is 1.70 bits per heavy atom. The fourth-order valence-electron chi connectivity index (χ4n) is 1.18. The summed E-state index contributed by atoms with van der Waals surface area (Å²) in [6, 6.07) is 1.30. The number of ether oxygens (including phenoxy) is 1. The van der Waals surface area contributed by atoms with E-state index in [1.807, 2.05) is 5.32 Å². The minimum atomic E-state index is -1.27. The second-order valence-corrected chi connectivity index (χ2v) is 3.55. The molecule has 0 heterocycles. The monoisotopic (exact) mass is 288 g/mol. The summed E-state index contributed by atoms with van der Waals surface area (Å²) in [6.45, 7) is -1.33. The number of nitrogens with one attached hydrogen (secondary N) is 2. The zero-order chi connectivity index (χ0) is 15.1. The molecule has 0 atom stereocenters. The Bertz CT molecular complexity index is 515. The third-order valence-corrected chi connectivity index (χ3v) is 1.83. The van der Waals surface area contributed by atoms with Crippen molar-refractivity contribution < 1.29 is 33.0 Å². The average molecular weight is 288 g/mol. The molecule has 0 spiro atoms. The van der Waals surface area contributed by atoms with Gasteiger partial charge in [0.25, 0.3) is 5.91 Å². The number of carboxylic acids is 1. The number of halogens is 2. The number of anilines is 1. The molecule has 9 heteroatoms. The summed E-state index contributed by atoms with van der Waals surface area (Å²) in [4.78, 5) is 32.5. The summed E-state index contributed by atoms with van der Waals surface area (Å²) < 4.78 is 30.1. The lowest BCUT2D eigenvalue weighted by atomic mass is 10.3. The first-order chi connectivity index (χ1) is 9.36. The number of hydrogen-bond acceptors (Lipinski definition) is 4. The lowest BCUT2D eigenvalue weighted by Crippen LogP contribution is -2.37. The Kier molecular flexibility index (Phi) is 5.54. The third-order valence-electron chi connectivity index (χ3n) is 1.83. The first kappa shape index (κ1) is 15.5. The van der Waals surface area contributed by atoms with Crippen molar-refractivity contribution in [1.29, 1.82) is 0 Å². The maximum atomic E-state index is 12.8. The quantitative estimate of drug-likeness (QED) is 0.740. The normalized spacial score (nSPS) is 9.90. The standard InChI is InChI=1S/C11H10F2N2O5/c12-6-1-7(13)3-8(2-6)14-11(19)15-9(16)4-20-5-10(17)18/h1-3H,4-5H2,(H,17,18)(H2,14,15,16,19). The summed E-state index contributed by atoms with van der Waals surface area (Å²) >= 11 is 0. The molecule has 0 radical (unpaired) electrons. The van der Waals surface area contributed by atoms with Crippen LogP contribution in [0.3, 0.4) is 0 Å². The lowest BCUT2D eigenvalue weighted by Gasteiger charge is -2.07. The Labute approximate surface area is 111 Å². The second-order valence-electron chi connectivity index (χ2n) is 3.55. The van der Waals surface area contributed by atoms with Gasteiger partial charge in [-0.3, -0.25) is 10.1 Å². The van der Waals surface area contributed by atoms with E-state index >= 15 is 0 Å². The molecule has 0 fully saturated rings. The van der Waals surface area contributed by atoms with Crippen LogP contribution in [0.25, 0.3) is 0 Å². The third kappa shape index (κ3) is 5.87. The van der Waals surface area contributed by atoms with Gasteiger partial charge in [-0.1, -0.05) is 0 Å². The number of amides is 3.